The van der Waals surface area contributed by atoms with Crippen LogP contribution in [0.5, 0.6) is 0 Å². The van der Waals surface area contributed by atoms with Crippen LogP contribution in [0.3, 0.4) is 0 Å². The summed E-state index contributed by atoms with van der Waals surface area (Å²) in [7, 11) is 1.76. The first-order valence-corrected chi connectivity index (χ1v) is 7.63. The first kappa shape index (κ1) is 15.6. The molecule has 5 heteroatoms. The maximum absolute atomic E-state index is 12.1. The number of amides is 1. The third kappa shape index (κ3) is 3.85. The molecule has 2 heterocycles. The second-order valence-electron chi connectivity index (χ2n) is 6.86. The highest BCUT2D eigenvalue weighted by Gasteiger charge is 2.37. The van der Waals surface area contributed by atoms with Gasteiger partial charge >= 0.3 is 6.09 Å². The molecule has 2 aliphatic heterocycles. The predicted octanol–water partition coefficient (Wildman–Crippen LogP) is 2.11. The molecule has 0 N–H and O–H groups in total. The minimum absolute atomic E-state index is 0.178. The van der Waals surface area contributed by atoms with Crippen molar-refractivity contribution >= 4 is 6.09 Å². The molecule has 20 heavy (non-hydrogen) atoms. The van der Waals surface area contributed by atoms with Gasteiger partial charge in [-0.1, -0.05) is 0 Å². The highest BCUT2D eigenvalue weighted by molar-refractivity contribution is 5.68. The van der Waals surface area contributed by atoms with E-state index in [1.807, 2.05) is 25.7 Å². The normalized spacial score (nSPS) is 28.1. The molecule has 116 valence electrons. The fraction of sp³-hybridized carbons (Fsp3) is 0.933. The van der Waals surface area contributed by atoms with Crippen LogP contribution in [0, 0.1) is 0 Å². The van der Waals surface area contributed by atoms with E-state index in [-0.39, 0.29) is 6.09 Å². The predicted molar refractivity (Wildman–Crippen MR) is 77.8 cm³/mol. The standard InChI is InChI=1S/C15H28N2O3/c1-15(2,3)20-14(18)16-9-7-12(10-16)17-8-5-6-13(17)11-19-4/h12-13H,5-11H2,1-4H3/t12-,13-/m1/s1. The van der Waals surface area contributed by atoms with E-state index < -0.39 is 5.60 Å². The number of hydrogen-bond donors (Lipinski definition) is 0. The van der Waals surface area contributed by atoms with Gasteiger partial charge in [-0.15, -0.1) is 0 Å². The number of methoxy groups -OCH3 is 1. The lowest BCUT2D eigenvalue weighted by atomic mass is 10.2. The Morgan fingerprint density at radius 2 is 2.00 bits per heavy atom. The molecule has 2 fully saturated rings. The molecule has 0 spiro atoms. The lowest BCUT2D eigenvalue weighted by Gasteiger charge is -2.30. The van der Waals surface area contributed by atoms with Crippen molar-refractivity contribution in [3.63, 3.8) is 0 Å². The molecule has 0 aromatic heterocycles. The average Bonchev–Trinajstić information content (AvgIpc) is 2.94. The monoisotopic (exact) mass is 284 g/mol. The Morgan fingerprint density at radius 3 is 2.65 bits per heavy atom. The van der Waals surface area contributed by atoms with E-state index in [1.54, 1.807) is 7.11 Å². The van der Waals surface area contributed by atoms with Crippen LogP contribution in [-0.2, 0) is 9.47 Å². The molecule has 0 unspecified atom stereocenters. The molecule has 1 amide bonds. The Labute approximate surface area is 122 Å². The molecule has 0 aromatic rings. The van der Waals surface area contributed by atoms with Gasteiger partial charge in [-0.3, -0.25) is 4.90 Å². The van der Waals surface area contributed by atoms with Crippen LogP contribution < -0.4 is 0 Å². The van der Waals surface area contributed by atoms with Crippen molar-refractivity contribution in [1.82, 2.24) is 9.80 Å². The fourth-order valence-corrected chi connectivity index (χ4v) is 3.21. The fourth-order valence-electron chi connectivity index (χ4n) is 3.21. The summed E-state index contributed by atoms with van der Waals surface area (Å²) in [6.07, 6.45) is 3.30. The molecule has 0 saturated carbocycles. The second-order valence-corrected chi connectivity index (χ2v) is 6.86. The first-order valence-electron chi connectivity index (χ1n) is 7.63. The van der Waals surface area contributed by atoms with Crippen molar-refractivity contribution in [2.45, 2.75) is 57.7 Å². The van der Waals surface area contributed by atoms with Gasteiger partial charge in [-0.25, -0.2) is 4.79 Å². The van der Waals surface area contributed by atoms with Gasteiger partial charge in [0.1, 0.15) is 5.60 Å². The van der Waals surface area contributed by atoms with E-state index in [0.717, 1.165) is 32.7 Å². The number of hydrogen-bond acceptors (Lipinski definition) is 4. The van der Waals surface area contributed by atoms with Crippen LogP contribution in [0.1, 0.15) is 40.0 Å². The van der Waals surface area contributed by atoms with Gasteiger partial charge in [0.15, 0.2) is 0 Å². The van der Waals surface area contributed by atoms with Crippen molar-refractivity contribution in [2.75, 3.05) is 33.4 Å². The van der Waals surface area contributed by atoms with E-state index in [4.69, 9.17) is 9.47 Å². The molecular formula is C15H28N2O3. The Balaban J connectivity index is 1.87. The molecule has 2 aliphatic rings. The molecule has 2 atom stereocenters. The summed E-state index contributed by atoms with van der Waals surface area (Å²) < 4.78 is 10.8. The summed E-state index contributed by atoms with van der Waals surface area (Å²) in [6, 6.07) is 0.980. The van der Waals surface area contributed by atoms with Crippen molar-refractivity contribution < 1.29 is 14.3 Å². The zero-order valence-electron chi connectivity index (χ0n) is 13.2. The number of likely N-dealkylation sites (tertiary alicyclic amines) is 2. The largest absolute Gasteiger partial charge is 0.444 e. The number of ether oxygens (including phenoxy) is 2. The van der Waals surface area contributed by atoms with Gasteiger partial charge in [0.05, 0.1) is 6.61 Å². The zero-order valence-corrected chi connectivity index (χ0v) is 13.2. The van der Waals surface area contributed by atoms with E-state index in [1.165, 1.54) is 12.8 Å². The van der Waals surface area contributed by atoms with Crippen LogP contribution in [0.2, 0.25) is 0 Å². The van der Waals surface area contributed by atoms with Crippen molar-refractivity contribution in [1.29, 1.82) is 0 Å². The van der Waals surface area contributed by atoms with E-state index in [9.17, 15) is 4.79 Å². The SMILES string of the molecule is COC[C@H]1CCCN1[C@@H]1CCN(C(=O)OC(C)(C)C)C1. The van der Waals surface area contributed by atoms with Crippen molar-refractivity contribution in [3.05, 3.63) is 0 Å². The topological polar surface area (TPSA) is 42.0 Å². The number of nitrogens with zero attached hydrogens (tertiary/aromatic N) is 2. The van der Waals surface area contributed by atoms with Gasteiger partial charge in [-0.05, 0) is 46.6 Å². The van der Waals surface area contributed by atoms with Gasteiger partial charge in [0.25, 0.3) is 0 Å². The molecule has 0 radical (unpaired) electrons. The smallest absolute Gasteiger partial charge is 0.410 e. The van der Waals surface area contributed by atoms with E-state index in [2.05, 4.69) is 4.90 Å². The summed E-state index contributed by atoms with van der Waals surface area (Å²) in [5, 5.41) is 0. The third-order valence-corrected chi connectivity index (χ3v) is 4.07. The molecular weight excluding hydrogens is 256 g/mol. The van der Waals surface area contributed by atoms with Gasteiger partial charge < -0.3 is 14.4 Å². The van der Waals surface area contributed by atoms with E-state index in [0.29, 0.717) is 12.1 Å². The van der Waals surface area contributed by atoms with Crippen LogP contribution >= 0.6 is 0 Å². The number of carbonyl (C=O) groups excluding carboxylic acids is 1. The number of rotatable bonds is 3. The summed E-state index contributed by atoms with van der Waals surface area (Å²) in [5.41, 5.74) is -0.415. The Bertz CT molecular complexity index is 341. The maximum atomic E-state index is 12.1. The maximum Gasteiger partial charge on any atom is 0.410 e. The molecule has 0 aliphatic carbocycles. The van der Waals surface area contributed by atoms with Crippen LogP contribution in [0.25, 0.3) is 0 Å². The summed E-state index contributed by atoms with van der Waals surface area (Å²) >= 11 is 0. The molecule has 2 rings (SSSR count). The second kappa shape index (κ2) is 6.31. The molecule has 0 bridgehead atoms. The quantitative estimate of drug-likeness (QED) is 0.796. The van der Waals surface area contributed by atoms with Crippen LogP contribution in [0.4, 0.5) is 4.79 Å². The molecule has 2 saturated heterocycles. The summed E-state index contributed by atoms with van der Waals surface area (Å²) in [6.45, 7) is 9.24. The highest BCUT2D eigenvalue weighted by atomic mass is 16.6. The Morgan fingerprint density at radius 1 is 1.25 bits per heavy atom. The first-order chi connectivity index (χ1) is 9.40. The van der Waals surface area contributed by atoms with Crippen LogP contribution in [0.15, 0.2) is 0 Å². The third-order valence-electron chi connectivity index (χ3n) is 4.07. The summed E-state index contributed by atoms with van der Waals surface area (Å²) in [4.78, 5) is 16.5. The minimum atomic E-state index is -0.415. The Hall–Kier alpha value is -0.810. The average molecular weight is 284 g/mol. The lowest BCUT2D eigenvalue weighted by Crippen LogP contribution is -2.44. The minimum Gasteiger partial charge on any atom is -0.444 e. The van der Waals surface area contributed by atoms with Crippen molar-refractivity contribution in [2.24, 2.45) is 0 Å². The summed E-state index contributed by atoms with van der Waals surface area (Å²) in [5.74, 6) is 0. The van der Waals surface area contributed by atoms with Gasteiger partial charge in [0, 0.05) is 32.3 Å². The molecule has 0 aromatic carbocycles. The van der Waals surface area contributed by atoms with Gasteiger partial charge in [-0.2, -0.15) is 0 Å². The number of carbonyl (C=O) groups is 1. The zero-order chi connectivity index (χ0) is 14.8. The van der Waals surface area contributed by atoms with Crippen LogP contribution in [-0.4, -0.2) is 66.9 Å². The van der Waals surface area contributed by atoms with Gasteiger partial charge in [0.2, 0.25) is 0 Å². The Kier molecular flexibility index (Phi) is 4.91. The molecule has 5 nitrogen and oxygen atoms in total. The highest BCUT2D eigenvalue weighted by Crippen LogP contribution is 2.26. The lowest BCUT2D eigenvalue weighted by molar-refractivity contribution is 0.0270. The van der Waals surface area contributed by atoms with Crippen molar-refractivity contribution in [3.8, 4) is 0 Å². The van der Waals surface area contributed by atoms with E-state index >= 15 is 0 Å².